The fourth-order valence-electron chi connectivity index (χ4n) is 4.05. The normalized spacial score (nSPS) is 23.6. The van der Waals surface area contributed by atoms with Crippen LogP contribution < -0.4 is 4.57 Å². The highest BCUT2D eigenvalue weighted by Gasteiger charge is 2.57. The van der Waals surface area contributed by atoms with Crippen molar-refractivity contribution in [3.63, 3.8) is 0 Å². The largest absolute Gasteiger partial charge is 0.477 e. The van der Waals surface area contributed by atoms with E-state index in [1.54, 1.807) is 30.0 Å². The van der Waals surface area contributed by atoms with Crippen LogP contribution in [-0.4, -0.2) is 49.8 Å². The zero-order chi connectivity index (χ0) is 18.9. The second-order valence-electron chi connectivity index (χ2n) is 6.76. The van der Waals surface area contributed by atoms with Crippen molar-refractivity contribution in [1.29, 1.82) is 0 Å². The van der Waals surface area contributed by atoms with Crippen molar-refractivity contribution in [2.45, 2.75) is 37.4 Å². The van der Waals surface area contributed by atoms with Crippen molar-refractivity contribution in [2.24, 2.45) is 13.0 Å². The summed E-state index contributed by atoms with van der Waals surface area (Å²) < 4.78 is 4.18. The Bertz CT molecular complexity index is 988. The van der Waals surface area contributed by atoms with E-state index in [0.29, 0.717) is 12.0 Å². The Morgan fingerprint density at radius 1 is 1.50 bits per heavy atom. The average Bonchev–Trinajstić information content (AvgIpc) is 3.19. The minimum Gasteiger partial charge on any atom is -0.477 e. The van der Waals surface area contributed by atoms with Crippen LogP contribution in [0.15, 0.2) is 16.9 Å². The van der Waals surface area contributed by atoms with Crippen molar-refractivity contribution in [3.8, 4) is 0 Å². The monoisotopic (exact) mass is 394 g/mol. The maximum absolute atomic E-state index is 12.4. The summed E-state index contributed by atoms with van der Waals surface area (Å²) in [5.41, 5.74) is 0.746. The Kier molecular flexibility index (Phi) is 3.94. The molecule has 2 aromatic heterocycles. The number of aromatic nitrogens is 2. The molecule has 4 heterocycles. The van der Waals surface area contributed by atoms with Crippen molar-refractivity contribution in [1.82, 2.24) is 9.30 Å². The number of carboxylic acid groups (broad SMARTS) is 1. The zero-order valence-corrected chi connectivity index (χ0v) is 16.5. The number of carboxylic acids is 1. The highest BCUT2D eigenvalue weighted by molar-refractivity contribution is 7.98. The van der Waals surface area contributed by atoms with E-state index in [1.807, 2.05) is 26.4 Å². The van der Waals surface area contributed by atoms with E-state index in [2.05, 4.69) is 8.97 Å². The molecule has 2 aliphatic rings. The minimum atomic E-state index is -1.09. The van der Waals surface area contributed by atoms with Gasteiger partial charge >= 0.3 is 5.97 Å². The van der Waals surface area contributed by atoms with Crippen LogP contribution in [0.5, 0.6) is 0 Å². The fraction of sp³-hybridized carbons (Fsp3) is 0.471. The van der Waals surface area contributed by atoms with E-state index >= 15 is 0 Å². The van der Waals surface area contributed by atoms with Crippen LogP contribution in [0.25, 0.3) is 10.4 Å². The number of amides is 1. The van der Waals surface area contributed by atoms with Gasteiger partial charge < -0.3 is 15.1 Å². The van der Waals surface area contributed by atoms with Gasteiger partial charge in [-0.1, -0.05) is 23.1 Å². The SMILES string of the molecule is CSc1c2sc(C3=C(C(=O)O)N4C(=O)[C@H]([C@@H](C)O)[C@H]4C3)cn2c(C)[n+]1C. The van der Waals surface area contributed by atoms with E-state index in [-0.39, 0.29) is 17.6 Å². The van der Waals surface area contributed by atoms with Crippen LogP contribution in [0, 0.1) is 12.8 Å². The van der Waals surface area contributed by atoms with Crippen molar-refractivity contribution >= 4 is 45.4 Å². The molecule has 0 radical (unpaired) electrons. The van der Waals surface area contributed by atoms with Gasteiger partial charge in [-0.15, -0.1) is 0 Å². The van der Waals surface area contributed by atoms with Crippen molar-refractivity contribution in [2.75, 3.05) is 6.26 Å². The third-order valence-electron chi connectivity index (χ3n) is 5.42. The molecule has 2 aliphatic heterocycles. The van der Waals surface area contributed by atoms with Gasteiger partial charge in [0.2, 0.25) is 15.8 Å². The van der Waals surface area contributed by atoms with E-state index < -0.39 is 18.0 Å². The molecule has 7 nitrogen and oxygen atoms in total. The quantitative estimate of drug-likeness (QED) is 0.463. The van der Waals surface area contributed by atoms with E-state index in [1.165, 1.54) is 4.90 Å². The van der Waals surface area contributed by atoms with Crippen LogP contribution in [0.2, 0.25) is 0 Å². The van der Waals surface area contributed by atoms with E-state index in [4.69, 9.17) is 0 Å². The van der Waals surface area contributed by atoms with E-state index in [0.717, 1.165) is 20.6 Å². The van der Waals surface area contributed by atoms with Gasteiger partial charge in [-0.25, -0.2) is 9.36 Å². The first-order valence-electron chi connectivity index (χ1n) is 8.30. The van der Waals surface area contributed by atoms with Crippen LogP contribution in [-0.2, 0) is 16.6 Å². The lowest BCUT2D eigenvalue weighted by molar-refractivity contribution is -0.711. The third-order valence-corrected chi connectivity index (χ3v) is 7.55. The second-order valence-corrected chi connectivity index (χ2v) is 8.59. The molecule has 1 saturated heterocycles. The number of nitrogens with zero attached hydrogens (tertiary/aromatic N) is 3. The molecule has 0 aromatic carbocycles. The van der Waals surface area contributed by atoms with Gasteiger partial charge in [0.25, 0.3) is 5.82 Å². The molecule has 2 aromatic rings. The predicted molar refractivity (Wildman–Crippen MR) is 97.9 cm³/mol. The highest BCUT2D eigenvalue weighted by Crippen LogP contribution is 2.48. The molecule has 0 unspecified atom stereocenters. The molecule has 1 fully saturated rings. The maximum atomic E-state index is 12.4. The Morgan fingerprint density at radius 2 is 2.19 bits per heavy atom. The number of hydrogen-bond donors (Lipinski definition) is 2. The molecule has 1 amide bonds. The number of fused-ring (bicyclic) bond motifs is 2. The summed E-state index contributed by atoms with van der Waals surface area (Å²) in [5.74, 6) is -0.851. The molecule has 0 saturated carbocycles. The summed E-state index contributed by atoms with van der Waals surface area (Å²) in [6.45, 7) is 3.60. The number of aliphatic hydroxyl groups excluding tert-OH is 1. The third kappa shape index (κ3) is 2.14. The fourth-order valence-corrected chi connectivity index (χ4v) is 6.28. The zero-order valence-electron chi connectivity index (χ0n) is 14.9. The summed E-state index contributed by atoms with van der Waals surface area (Å²) >= 11 is 3.19. The summed E-state index contributed by atoms with van der Waals surface area (Å²) in [6.07, 6.45) is 3.67. The molecule has 4 rings (SSSR count). The second kappa shape index (κ2) is 5.83. The lowest BCUT2D eigenvalue weighted by Gasteiger charge is -2.44. The Morgan fingerprint density at radius 3 is 2.77 bits per heavy atom. The Labute approximate surface area is 158 Å². The molecule has 9 heteroatoms. The number of imidazole rings is 1. The Hall–Kier alpha value is -1.84. The first kappa shape index (κ1) is 17.6. The number of rotatable bonds is 4. The number of thioether (sulfide) groups is 1. The van der Waals surface area contributed by atoms with Gasteiger partial charge in [-0.3, -0.25) is 4.79 Å². The average molecular weight is 394 g/mol. The van der Waals surface area contributed by atoms with Gasteiger partial charge in [0.05, 0.1) is 30.0 Å². The topological polar surface area (TPSA) is 86.1 Å². The first-order chi connectivity index (χ1) is 12.3. The molecule has 3 atom stereocenters. The van der Waals surface area contributed by atoms with Crippen LogP contribution in [0.4, 0.5) is 0 Å². The van der Waals surface area contributed by atoms with Crippen LogP contribution >= 0.6 is 23.1 Å². The summed E-state index contributed by atoms with van der Waals surface area (Å²) in [6, 6.07) is -0.262. The van der Waals surface area contributed by atoms with Crippen molar-refractivity contribution < 1.29 is 24.4 Å². The first-order valence-corrected chi connectivity index (χ1v) is 10.3. The summed E-state index contributed by atoms with van der Waals surface area (Å²) in [4.78, 5) is 27.5. The molecule has 0 aliphatic carbocycles. The smallest absolute Gasteiger partial charge is 0.352 e. The number of β-lactam (4-membered cyclic amide) rings is 1. The number of hydrogen-bond acceptors (Lipinski definition) is 5. The molecular formula is C17H20N3O4S2+. The van der Waals surface area contributed by atoms with Gasteiger partial charge in [0.1, 0.15) is 11.9 Å². The maximum Gasteiger partial charge on any atom is 0.352 e. The minimum absolute atomic E-state index is 0.0640. The van der Waals surface area contributed by atoms with Gasteiger partial charge in [-0.05, 0) is 19.6 Å². The number of thiazole rings is 1. The summed E-state index contributed by atoms with van der Waals surface area (Å²) in [5, 5.41) is 20.7. The van der Waals surface area contributed by atoms with Crippen molar-refractivity contribution in [3.05, 3.63) is 22.6 Å². The summed E-state index contributed by atoms with van der Waals surface area (Å²) in [7, 11) is 2.01. The lowest BCUT2D eigenvalue weighted by atomic mass is 9.83. The number of carbonyl (C=O) groups is 2. The molecule has 26 heavy (non-hydrogen) atoms. The highest BCUT2D eigenvalue weighted by atomic mass is 32.2. The predicted octanol–water partition coefficient (Wildman–Crippen LogP) is 1.26. The van der Waals surface area contributed by atoms with Gasteiger partial charge in [-0.2, -0.15) is 4.40 Å². The number of aliphatic carboxylic acids is 1. The Balaban J connectivity index is 1.84. The van der Waals surface area contributed by atoms with Crippen LogP contribution in [0.3, 0.4) is 0 Å². The molecule has 0 bridgehead atoms. The molecule has 2 N–H and O–H groups in total. The van der Waals surface area contributed by atoms with Gasteiger partial charge in [0, 0.05) is 12.5 Å². The number of aryl methyl sites for hydroxylation is 1. The molecule has 138 valence electrons. The number of carbonyl (C=O) groups excluding carboxylic acids is 1. The van der Waals surface area contributed by atoms with Crippen LogP contribution in [0.1, 0.15) is 24.0 Å². The van der Waals surface area contributed by atoms with Gasteiger partial charge in [0.15, 0.2) is 0 Å². The lowest BCUT2D eigenvalue weighted by Crippen LogP contribution is -2.61. The molecular weight excluding hydrogens is 374 g/mol. The van der Waals surface area contributed by atoms with E-state index in [9.17, 15) is 19.8 Å². The standard InChI is InChI=1S/C17H19N3O4S2/c1-7(21)12-10-5-9(13(17(23)24)20(10)14(12)22)11-6-19-8(2)18(3)15(25-4)16(19)26-11/h6-7,10,12,21H,5H2,1-4H3/p+1/t7-,10-,12-/m1/s1. The molecule has 0 spiro atoms. The number of aliphatic hydroxyl groups is 1.